The molecule has 0 aliphatic carbocycles. The molecule has 0 unspecified atom stereocenters. The van der Waals surface area contributed by atoms with Crippen LogP contribution in [-0.4, -0.2) is 19.5 Å². The van der Waals surface area contributed by atoms with Crippen LogP contribution in [0.4, 0.5) is 10.1 Å². The Balaban J connectivity index is 1.76. The van der Waals surface area contributed by atoms with E-state index >= 15 is 0 Å². The highest BCUT2D eigenvalue weighted by Gasteiger charge is 2.06. The van der Waals surface area contributed by atoms with Crippen molar-refractivity contribution in [3.05, 3.63) is 66.0 Å². The second-order valence-electron chi connectivity index (χ2n) is 4.88. The van der Waals surface area contributed by atoms with Crippen LogP contribution in [0.25, 0.3) is 0 Å². The third-order valence-electron chi connectivity index (χ3n) is 3.31. The summed E-state index contributed by atoms with van der Waals surface area (Å²) in [5.74, 6) is -0.375. The average molecular weight is 286 g/mol. The summed E-state index contributed by atoms with van der Waals surface area (Å²) in [6, 6.07) is 16.3. The minimum absolute atomic E-state index is 0.0824. The molecular formula is C17H19FN2O. The maximum Gasteiger partial charge on any atom is 0.222 e. The van der Waals surface area contributed by atoms with Crippen molar-refractivity contribution in [1.29, 1.82) is 0 Å². The molecular weight excluding hydrogens is 267 g/mol. The summed E-state index contributed by atoms with van der Waals surface area (Å²) in [7, 11) is 1.94. The fraction of sp³-hybridized carbons (Fsp3) is 0.235. The van der Waals surface area contributed by atoms with E-state index in [0.29, 0.717) is 18.5 Å². The standard InChI is InChI=1S/C17H19FN2O/c1-20(15-8-3-2-4-9-15)12-11-17(21)19-13-14-7-5-6-10-16(14)18/h2-10H,11-13H2,1H3,(H,19,21). The van der Waals surface area contributed by atoms with Gasteiger partial charge in [-0.15, -0.1) is 0 Å². The number of rotatable bonds is 6. The minimum atomic E-state index is -0.292. The van der Waals surface area contributed by atoms with Gasteiger partial charge in [0.1, 0.15) is 5.82 Å². The first kappa shape index (κ1) is 15.0. The number of nitrogens with zero attached hydrogens (tertiary/aromatic N) is 1. The molecule has 0 spiro atoms. The average Bonchev–Trinajstić information content (AvgIpc) is 2.52. The summed E-state index contributed by atoms with van der Waals surface area (Å²) in [5.41, 5.74) is 1.57. The number of hydrogen-bond acceptors (Lipinski definition) is 2. The first-order valence-corrected chi connectivity index (χ1v) is 6.93. The van der Waals surface area contributed by atoms with E-state index in [1.807, 2.05) is 42.3 Å². The van der Waals surface area contributed by atoms with E-state index in [9.17, 15) is 9.18 Å². The Morgan fingerprint density at radius 1 is 1.10 bits per heavy atom. The van der Waals surface area contributed by atoms with Gasteiger partial charge in [-0.05, 0) is 18.2 Å². The number of nitrogens with one attached hydrogen (secondary N) is 1. The van der Waals surface area contributed by atoms with Gasteiger partial charge in [-0.1, -0.05) is 36.4 Å². The lowest BCUT2D eigenvalue weighted by Gasteiger charge is -2.18. The van der Waals surface area contributed by atoms with Crippen molar-refractivity contribution in [3.63, 3.8) is 0 Å². The summed E-state index contributed by atoms with van der Waals surface area (Å²) in [6.45, 7) is 0.841. The molecule has 0 aliphatic rings. The van der Waals surface area contributed by atoms with Gasteiger partial charge in [0.2, 0.25) is 5.91 Å². The lowest BCUT2D eigenvalue weighted by atomic mass is 10.2. The molecule has 0 aliphatic heterocycles. The van der Waals surface area contributed by atoms with Gasteiger partial charge in [-0.25, -0.2) is 4.39 Å². The number of carbonyl (C=O) groups excluding carboxylic acids is 1. The largest absolute Gasteiger partial charge is 0.374 e. The van der Waals surface area contributed by atoms with Gasteiger partial charge in [0.15, 0.2) is 0 Å². The zero-order chi connectivity index (χ0) is 15.1. The number of anilines is 1. The van der Waals surface area contributed by atoms with Crippen molar-refractivity contribution in [3.8, 4) is 0 Å². The number of carbonyl (C=O) groups is 1. The molecule has 0 radical (unpaired) electrons. The third kappa shape index (κ3) is 4.60. The van der Waals surface area contributed by atoms with Gasteiger partial charge >= 0.3 is 0 Å². The van der Waals surface area contributed by atoms with E-state index in [1.165, 1.54) is 6.07 Å². The topological polar surface area (TPSA) is 32.3 Å². The van der Waals surface area contributed by atoms with Crippen molar-refractivity contribution >= 4 is 11.6 Å². The first-order chi connectivity index (χ1) is 10.2. The summed E-state index contributed by atoms with van der Waals surface area (Å²) in [5, 5.41) is 2.74. The third-order valence-corrected chi connectivity index (χ3v) is 3.31. The number of benzene rings is 2. The molecule has 0 atom stereocenters. The van der Waals surface area contributed by atoms with Gasteiger partial charge in [-0.2, -0.15) is 0 Å². The Hall–Kier alpha value is -2.36. The number of amides is 1. The fourth-order valence-corrected chi connectivity index (χ4v) is 2.00. The van der Waals surface area contributed by atoms with Gasteiger partial charge in [-0.3, -0.25) is 4.79 Å². The van der Waals surface area contributed by atoms with Gasteiger partial charge in [0, 0.05) is 37.8 Å². The lowest BCUT2D eigenvalue weighted by molar-refractivity contribution is -0.121. The predicted molar refractivity (Wildman–Crippen MR) is 82.6 cm³/mol. The Bertz CT molecular complexity index is 586. The second kappa shape index (κ2) is 7.43. The van der Waals surface area contributed by atoms with E-state index in [4.69, 9.17) is 0 Å². The monoisotopic (exact) mass is 286 g/mol. The molecule has 4 heteroatoms. The fourth-order valence-electron chi connectivity index (χ4n) is 2.00. The second-order valence-corrected chi connectivity index (χ2v) is 4.88. The van der Waals surface area contributed by atoms with Crippen LogP contribution in [0.15, 0.2) is 54.6 Å². The molecule has 0 aromatic heterocycles. The molecule has 1 amide bonds. The molecule has 3 nitrogen and oxygen atoms in total. The van der Waals surface area contributed by atoms with Crippen LogP contribution in [0.1, 0.15) is 12.0 Å². The number of para-hydroxylation sites is 1. The Morgan fingerprint density at radius 3 is 2.48 bits per heavy atom. The Morgan fingerprint density at radius 2 is 1.76 bits per heavy atom. The van der Waals surface area contributed by atoms with E-state index in [-0.39, 0.29) is 18.3 Å². The lowest BCUT2D eigenvalue weighted by Crippen LogP contribution is -2.28. The minimum Gasteiger partial charge on any atom is -0.374 e. The van der Waals surface area contributed by atoms with Gasteiger partial charge < -0.3 is 10.2 Å². The molecule has 1 N–H and O–H groups in total. The summed E-state index contributed by atoms with van der Waals surface area (Å²) >= 11 is 0. The van der Waals surface area contributed by atoms with Crippen LogP contribution in [-0.2, 0) is 11.3 Å². The molecule has 0 bridgehead atoms. The molecule has 2 rings (SSSR count). The quantitative estimate of drug-likeness (QED) is 0.885. The molecule has 0 saturated carbocycles. The molecule has 0 heterocycles. The van der Waals surface area contributed by atoms with E-state index in [0.717, 1.165) is 5.69 Å². The smallest absolute Gasteiger partial charge is 0.222 e. The maximum absolute atomic E-state index is 13.4. The summed E-state index contributed by atoms with van der Waals surface area (Å²) in [4.78, 5) is 13.8. The van der Waals surface area contributed by atoms with Crippen molar-refractivity contribution in [2.45, 2.75) is 13.0 Å². The van der Waals surface area contributed by atoms with Crippen LogP contribution in [0.5, 0.6) is 0 Å². The van der Waals surface area contributed by atoms with E-state index in [1.54, 1.807) is 18.2 Å². The SMILES string of the molecule is CN(CCC(=O)NCc1ccccc1F)c1ccccc1. The van der Waals surface area contributed by atoms with Crippen LogP contribution in [0.3, 0.4) is 0 Å². The van der Waals surface area contributed by atoms with Crippen LogP contribution >= 0.6 is 0 Å². The van der Waals surface area contributed by atoms with Crippen LogP contribution < -0.4 is 10.2 Å². The van der Waals surface area contributed by atoms with Crippen molar-refractivity contribution < 1.29 is 9.18 Å². The van der Waals surface area contributed by atoms with Crippen LogP contribution in [0, 0.1) is 5.82 Å². The molecule has 2 aromatic rings. The highest BCUT2D eigenvalue weighted by atomic mass is 19.1. The predicted octanol–water partition coefficient (Wildman–Crippen LogP) is 2.97. The highest BCUT2D eigenvalue weighted by Crippen LogP contribution is 2.11. The summed E-state index contributed by atoms with van der Waals surface area (Å²) in [6.07, 6.45) is 0.375. The molecule has 21 heavy (non-hydrogen) atoms. The van der Waals surface area contributed by atoms with Crippen molar-refractivity contribution in [2.24, 2.45) is 0 Å². The number of halogens is 1. The van der Waals surface area contributed by atoms with Crippen LogP contribution in [0.2, 0.25) is 0 Å². The maximum atomic E-state index is 13.4. The normalized spacial score (nSPS) is 10.2. The van der Waals surface area contributed by atoms with E-state index < -0.39 is 0 Å². The molecule has 110 valence electrons. The molecule has 2 aromatic carbocycles. The zero-order valence-electron chi connectivity index (χ0n) is 12.1. The van der Waals surface area contributed by atoms with Crippen molar-refractivity contribution in [1.82, 2.24) is 5.32 Å². The Kier molecular flexibility index (Phi) is 5.32. The van der Waals surface area contributed by atoms with Gasteiger partial charge in [0.25, 0.3) is 0 Å². The Labute approximate surface area is 124 Å². The highest BCUT2D eigenvalue weighted by molar-refractivity contribution is 5.76. The zero-order valence-corrected chi connectivity index (χ0v) is 12.1. The number of hydrogen-bond donors (Lipinski definition) is 1. The van der Waals surface area contributed by atoms with Gasteiger partial charge in [0.05, 0.1) is 0 Å². The van der Waals surface area contributed by atoms with Crippen molar-refractivity contribution in [2.75, 3.05) is 18.5 Å². The molecule has 0 saturated heterocycles. The molecule has 0 fully saturated rings. The van der Waals surface area contributed by atoms with E-state index in [2.05, 4.69) is 5.32 Å². The first-order valence-electron chi connectivity index (χ1n) is 6.93. The summed E-state index contributed by atoms with van der Waals surface area (Å²) < 4.78 is 13.4.